The maximum absolute atomic E-state index is 12.6. The van der Waals surface area contributed by atoms with E-state index in [-0.39, 0.29) is 5.57 Å². The van der Waals surface area contributed by atoms with E-state index in [0.717, 1.165) is 4.90 Å². The van der Waals surface area contributed by atoms with E-state index in [2.05, 4.69) is 6.58 Å². The number of nitrogens with zero attached hydrogens (tertiary/aromatic N) is 1. The first kappa shape index (κ1) is 16.8. The van der Waals surface area contributed by atoms with Gasteiger partial charge >= 0.3 is 6.18 Å². The maximum Gasteiger partial charge on any atom is 0.390 e. The van der Waals surface area contributed by atoms with Crippen LogP contribution < -0.4 is 4.90 Å². The molecule has 0 bridgehead atoms. The monoisotopic (exact) mass is 319 g/mol. The minimum Gasteiger partial charge on any atom is -0.308 e. The van der Waals surface area contributed by atoms with Crippen LogP contribution in [0.3, 0.4) is 0 Å². The smallest absolute Gasteiger partial charge is 0.308 e. The second-order valence-electron chi connectivity index (χ2n) is 5.00. The third-order valence-corrected chi connectivity index (χ3v) is 3.31. The van der Waals surface area contributed by atoms with E-state index in [1.807, 2.05) is 0 Å². The molecule has 0 aromatic heterocycles. The number of rotatable bonds is 5. The zero-order chi connectivity index (χ0) is 16.9. The van der Waals surface area contributed by atoms with Gasteiger partial charge in [-0.25, -0.2) is 0 Å². The summed E-state index contributed by atoms with van der Waals surface area (Å²) in [6.07, 6.45) is -5.41. The van der Waals surface area contributed by atoms with Crippen LogP contribution in [0.1, 0.15) is 12.0 Å². The highest BCUT2D eigenvalue weighted by molar-refractivity contribution is 6.25. The molecule has 0 aliphatic carbocycles. The molecule has 0 unspecified atom stereocenters. The average Bonchev–Trinajstić information content (AvgIpc) is 2.55. The molecule has 0 N–H and O–H groups in total. The topological polar surface area (TPSA) is 20.3 Å². The minimum absolute atomic E-state index is 0.164. The molecule has 2 aromatic carbocycles. The molecule has 0 aliphatic rings. The van der Waals surface area contributed by atoms with E-state index in [4.69, 9.17) is 0 Å². The molecule has 2 rings (SSSR count). The van der Waals surface area contributed by atoms with Crippen LogP contribution >= 0.6 is 0 Å². The van der Waals surface area contributed by atoms with Crippen molar-refractivity contribution in [2.24, 2.45) is 0 Å². The summed E-state index contributed by atoms with van der Waals surface area (Å²) in [6, 6.07) is 17.0. The first-order chi connectivity index (χ1) is 10.9. The highest BCUT2D eigenvalue weighted by atomic mass is 19.4. The van der Waals surface area contributed by atoms with Gasteiger partial charge < -0.3 is 4.90 Å². The predicted octanol–water partition coefficient (Wildman–Crippen LogP) is 4.69. The van der Waals surface area contributed by atoms with Gasteiger partial charge in [0.2, 0.25) is 0 Å². The van der Waals surface area contributed by atoms with Crippen LogP contribution in [0.2, 0.25) is 0 Å². The van der Waals surface area contributed by atoms with Gasteiger partial charge in [0.25, 0.3) is 5.91 Å². The third kappa shape index (κ3) is 4.71. The van der Waals surface area contributed by atoms with E-state index in [1.165, 1.54) is 0 Å². The summed E-state index contributed by atoms with van der Waals surface area (Å²) in [4.78, 5) is 13.7. The quantitative estimate of drug-likeness (QED) is 0.732. The molecule has 0 spiro atoms. The largest absolute Gasteiger partial charge is 0.390 e. The minimum atomic E-state index is -4.33. The molecule has 120 valence electrons. The van der Waals surface area contributed by atoms with Crippen molar-refractivity contribution in [2.45, 2.75) is 12.6 Å². The highest BCUT2D eigenvalue weighted by Crippen LogP contribution is 2.25. The van der Waals surface area contributed by atoms with Gasteiger partial charge in [0.05, 0.1) is 6.42 Å². The Morgan fingerprint density at radius 2 is 1.48 bits per heavy atom. The maximum atomic E-state index is 12.6. The molecule has 0 aliphatic heterocycles. The van der Waals surface area contributed by atoms with Crippen molar-refractivity contribution >= 4 is 17.2 Å². The number of carbonyl (C=O) groups is 1. The molecule has 0 atom stereocenters. The molecule has 0 fully saturated rings. The van der Waals surface area contributed by atoms with E-state index in [9.17, 15) is 18.0 Å². The van der Waals surface area contributed by atoms with Crippen molar-refractivity contribution in [3.63, 3.8) is 0 Å². The number of amides is 1. The van der Waals surface area contributed by atoms with E-state index >= 15 is 0 Å². The number of anilines is 1. The van der Waals surface area contributed by atoms with E-state index in [1.54, 1.807) is 60.7 Å². The molecule has 0 heterocycles. The lowest BCUT2D eigenvalue weighted by molar-refractivity contribution is -0.133. The predicted molar refractivity (Wildman–Crippen MR) is 84.9 cm³/mol. The first-order valence-electron chi connectivity index (χ1n) is 7.06. The highest BCUT2D eigenvalue weighted by Gasteiger charge is 2.30. The zero-order valence-corrected chi connectivity index (χ0v) is 12.4. The van der Waals surface area contributed by atoms with Gasteiger partial charge in [0.1, 0.15) is 0 Å². The summed E-state index contributed by atoms with van der Waals surface area (Å²) in [5.41, 5.74) is 1.17. The second kappa shape index (κ2) is 7.13. The Hall–Kier alpha value is -2.56. The Labute approximate surface area is 132 Å². The van der Waals surface area contributed by atoms with Gasteiger partial charge in [-0.2, -0.15) is 13.2 Å². The van der Waals surface area contributed by atoms with Crippen LogP contribution in [0.4, 0.5) is 18.9 Å². The fourth-order valence-corrected chi connectivity index (χ4v) is 2.12. The Morgan fingerprint density at radius 3 is 2.00 bits per heavy atom. The van der Waals surface area contributed by atoms with Crippen molar-refractivity contribution in [1.29, 1.82) is 0 Å². The van der Waals surface area contributed by atoms with E-state index in [0.29, 0.717) is 11.3 Å². The molecule has 2 nitrogen and oxygen atoms in total. The van der Waals surface area contributed by atoms with Crippen molar-refractivity contribution in [2.75, 3.05) is 11.4 Å². The summed E-state index contributed by atoms with van der Waals surface area (Å²) in [5.74, 6) is -0.536. The van der Waals surface area contributed by atoms with Gasteiger partial charge in [-0.05, 0) is 17.7 Å². The lowest BCUT2D eigenvalue weighted by Gasteiger charge is -2.24. The number of benzene rings is 2. The van der Waals surface area contributed by atoms with Crippen LogP contribution in [0.5, 0.6) is 0 Å². The lowest BCUT2D eigenvalue weighted by Crippen LogP contribution is -2.34. The molecule has 0 radical (unpaired) electrons. The Bertz CT molecular complexity index is 666. The number of para-hydroxylation sites is 1. The van der Waals surface area contributed by atoms with Gasteiger partial charge in [-0.3, -0.25) is 4.79 Å². The SMILES string of the molecule is C=C(C(=O)N(CCC(F)(F)F)c1ccccc1)c1ccccc1. The molecule has 5 heteroatoms. The normalized spacial score (nSPS) is 11.1. The molecule has 0 saturated carbocycles. The summed E-state index contributed by atoms with van der Waals surface area (Å²) in [6.45, 7) is 3.30. The summed E-state index contributed by atoms with van der Waals surface area (Å²) < 4.78 is 37.7. The lowest BCUT2D eigenvalue weighted by atomic mass is 10.1. The number of hydrogen-bond donors (Lipinski definition) is 0. The third-order valence-electron chi connectivity index (χ3n) is 3.31. The standard InChI is InChI=1S/C18H16F3NO/c1-14(15-8-4-2-5-9-15)17(23)22(13-12-18(19,20)21)16-10-6-3-7-11-16/h2-11H,1,12-13H2. The first-order valence-corrected chi connectivity index (χ1v) is 7.06. The second-order valence-corrected chi connectivity index (χ2v) is 5.00. The average molecular weight is 319 g/mol. The van der Waals surface area contributed by atoms with Crippen LogP contribution in [0.25, 0.3) is 5.57 Å². The van der Waals surface area contributed by atoms with Crippen LogP contribution in [-0.2, 0) is 4.79 Å². The molecular weight excluding hydrogens is 303 g/mol. The number of halogens is 3. The summed E-state index contributed by atoms with van der Waals surface area (Å²) >= 11 is 0. The van der Waals surface area contributed by atoms with Gasteiger partial charge in [-0.1, -0.05) is 55.1 Å². The number of hydrogen-bond acceptors (Lipinski definition) is 1. The fraction of sp³-hybridized carbons (Fsp3) is 0.167. The van der Waals surface area contributed by atoms with Gasteiger partial charge in [0.15, 0.2) is 0 Å². The molecular formula is C18H16F3NO. The van der Waals surface area contributed by atoms with Crippen molar-refractivity contribution in [3.05, 3.63) is 72.8 Å². The van der Waals surface area contributed by atoms with Crippen LogP contribution in [-0.4, -0.2) is 18.6 Å². The van der Waals surface area contributed by atoms with Crippen molar-refractivity contribution < 1.29 is 18.0 Å². The van der Waals surface area contributed by atoms with Gasteiger partial charge in [-0.15, -0.1) is 0 Å². The molecule has 23 heavy (non-hydrogen) atoms. The van der Waals surface area contributed by atoms with Crippen molar-refractivity contribution in [1.82, 2.24) is 0 Å². The summed E-state index contributed by atoms with van der Waals surface area (Å²) in [7, 11) is 0. The number of carbonyl (C=O) groups excluding carboxylic acids is 1. The molecule has 1 amide bonds. The molecule has 0 saturated heterocycles. The molecule has 2 aromatic rings. The van der Waals surface area contributed by atoms with Gasteiger partial charge in [0, 0.05) is 17.8 Å². The zero-order valence-electron chi connectivity index (χ0n) is 12.4. The Morgan fingerprint density at radius 1 is 0.957 bits per heavy atom. The van der Waals surface area contributed by atoms with E-state index < -0.39 is 25.0 Å². The summed E-state index contributed by atoms with van der Waals surface area (Å²) in [5, 5.41) is 0. The fourth-order valence-electron chi connectivity index (χ4n) is 2.12. The number of alkyl halides is 3. The Balaban J connectivity index is 2.26. The Kier molecular flexibility index (Phi) is 5.21. The van der Waals surface area contributed by atoms with Crippen LogP contribution in [0.15, 0.2) is 67.2 Å². The van der Waals surface area contributed by atoms with Crippen molar-refractivity contribution in [3.8, 4) is 0 Å². The van der Waals surface area contributed by atoms with Crippen LogP contribution in [0, 0.1) is 0 Å².